The predicted molar refractivity (Wildman–Crippen MR) is 45.1 cm³/mol. The molecule has 0 bridgehead atoms. The Hall–Kier alpha value is -0.0400. The predicted octanol–water partition coefficient (Wildman–Crippen LogP) is 2.13. The lowest BCUT2D eigenvalue weighted by Gasteiger charge is -2.31. The van der Waals surface area contributed by atoms with Crippen molar-refractivity contribution in [2.24, 2.45) is 5.92 Å². The van der Waals surface area contributed by atoms with Crippen molar-refractivity contribution in [1.29, 1.82) is 0 Å². The van der Waals surface area contributed by atoms with Gasteiger partial charge >= 0.3 is 0 Å². The fraction of sp³-hybridized carbons (Fsp3) is 1.00. The van der Waals surface area contributed by atoms with Gasteiger partial charge in [-0.2, -0.15) is 0 Å². The van der Waals surface area contributed by atoms with Gasteiger partial charge in [0.25, 0.3) is 0 Å². The molecule has 0 aromatic heterocycles. The van der Waals surface area contributed by atoms with Crippen LogP contribution in [0.1, 0.15) is 33.1 Å². The van der Waals surface area contributed by atoms with Crippen LogP contribution in [0.15, 0.2) is 0 Å². The molecule has 1 saturated heterocycles. The number of hydrogen-bond acceptors (Lipinski definition) is 1. The van der Waals surface area contributed by atoms with Gasteiger partial charge in [-0.25, -0.2) is 0 Å². The molecule has 1 heteroatoms. The van der Waals surface area contributed by atoms with Gasteiger partial charge in [0.05, 0.1) is 0 Å². The summed E-state index contributed by atoms with van der Waals surface area (Å²) < 4.78 is 0. The molecule has 0 saturated carbocycles. The van der Waals surface area contributed by atoms with E-state index in [1.54, 1.807) is 0 Å². The first kappa shape index (κ1) is 8.06. The van der Waals surface area contributed by atoms with E-state index in [9.17, 15) is 0 Å². The molecular weight excluding hydrogens is 122 g/mol. The summed E-state index contributed by atoms with van der Waals surface area (Å²) in [6.07, 6.45) is 4.17. The van der Waals surface area contributed by atoms with Gasteiger partial charge in [-0.3, -0.25) is 0 Å². The largest absolute Gasteiger partial charge is 0.303 e. The highest BCUT2D eigenvalue weighted by Crippen LogP contribution is 2.11. The fourth-order valence-electron chi connectivity index (χ4n) is 1.21. The normalized spacial score (nSPS) is 22.2. The van der Waals surface area contributed by atoms with Crippen molar-refractivity contribution in [3.05, 3.63) is 0 Å². The number of nitrogens with zero attached hydrogens (tertiary/aromatic N) is 1. The summed E-state index contributed by atoms with van der Waals surface area (Å²) in [7, 11) is 0. The van der Waals surface area contributed by atoms with Crippen molar-refractivity contribution < 1.29 is 0 Å². The highest BCUT2D eigenvalue weighted by molar-refractivity contribution is 4.68. The molecule has 0 N–H and O–H groups in total. The first-order chi connectivity index (χ1) is 4.83. The smallest absolute Gasteiger partial charge is 0.000654 e. The molecule has 10 heavy (non-hydrogen) atoms. The van der Waals surface area contributed by atoms with Crippen LogP contribution in [0.3, 0.4) is 0 Å². The Balaban J connectivity index is 1.93. The quantitative estimate of drug-likeness (QED) is 0.579. The number of likely N-dealkylation sites (tertiary alicyclic amines) is 1. The molecule has 1 aliphatic heterocycles. The van der Waals surface area contributed by atoms with Gasteiger partial charge in [0.1, 0.15) is 0 Å². The highest BCUT2D eigenvalue weighted by Gasteiger charge is 2.13. The third kappa shape index (κ3) is 2.30. The van der Waals surface area contributed by atoms with E-state index >= 15 is 0 Å². The van der Waals surface area contributed by atoms with E-state index in [4.69, 9.17) is 0 Å². The summed E-state index contributed by atoms with van der Waals surface area (Å²) in [6.45, 7) is 8.68. The van der Waals surface area contributed by atoms with E-state index in [1.807, 2.05) is 0 Å². The molecular formula is C9H19N. The minimum atomic E-state index is 0.931. The maximum Gasteiger partial charge on any atom is -0.000654 e. The van der Waals surface area contributed by atoms with Gasteiger partial charge in [-0.1, -0.05) is 20.3 Å². The SMILES string of the molecule is CCC(C)CCN1CCC1. The second kappa shape index (κ2) is 3.97. The summed E-state index contributed by atoms with van der Waals surface area (Å²) in [5, 5.41) is 0. The summed E-state index contributed by atoms with van der Waals surface area (Å²) in [5.74, 6) is 0.931. The second-order valence-corrected chi connectivity index (χ2v) is 3.50. The monoisotopic (exact) mass is 141 g/mol. The highest BCUT2D eigenvalue weighted by atomic mass is 15.2. The van der Waals surface area contributed by atoms with Crippen LogP contribution >= 0.6 is 0 Å². The van der Waals surface area contributed by atoms with Gasteiger partial charge in [0.15, 0.2) is 0 Å². The molecule has 1 aliphatic rings. The lowest BCUT2D eigenvalue weighted by atomic mass is 10.0. The summed E-state index contributed by atoms with van der Waals surface area (Å²) >= 11 is 0. The van der Waals surface area contributed by atoms with E-state index < -0.39 is 0 Å². The van der Waals surface area contributed by atoms with E-state index in [1.165, 1.54) is 38.9 Å². The lowest BCUT2D eigenvalue weighted by molar-refractivity contribution is 0.170. The fourth-order valence-corrected chi connectivity index (χ4v) is 1.21. The summed E-state index contributed by atoms with van der Waals surface area (Å²) in [4.78, 5) is 2.55. The third-order valence-corrected chi connectivity index (χ3v) is 2.58. The number of hydrogen-bond donors (Lipinski definition) is 0. The minimum absolute atomic E-state index is 0.931. The van der Waals surface area contributed by atoms with Crippen LogP contribution in [0.4, 0.5) is 0 Å². The Kier molecular flexibility index (Phi) is 3.20. The van der Waals surface area contributed by atoms with Crippen LogP contribution in [0, 0.1) is 5.92 Å². The lowest BCUT2D eigenvalue weighted by Crippen LogP contribution is -2.38. The van der Waals surface area contributed by atoms with Crippen LogP contribution < -0.4 is 0 Å². The van der Waals surface area contributed by atoms with Crippen molar-refractivity contribution in [3.63, 3.8) is 0 Å². The molecule has 1 nitrogen and oxygen atoms in total. The molecule has 1 atom stereocenters. The molecule has 0 amide bonds. The molecule has 0 spiro atoms. The van der Waals surface area contributed by atoms with Crippen molar-refractivity contribution >= 4 is 0 Å². The van der Waals surface area contributed by atoms with Crippen LogP contribution in [0.25, 0.3) is 0 Å². The molecule has 0 radical (unpaired) electrons. The zero-order valence-electron chi connectivity index (χ0n) is 7.27. The number of rotatable bonds is 4. The molecule has 0 aliphatic carbocycles. The van der Waals surface area contributed by atoms with Gasteiger partial charge < -0.3 is 4.90 Å². The maximum absolute atomic E-state index is 2.55. The molecule has 0 aromatic carbocycles. The Bertz CT molecular complexity index is 82.0. The van der Waals surface area contributed by atoms with Crippen LogP contribution in [0.2, 0.25) is 0 Å². The van der Waals surface area contributed by atoms with Crippen LogP contribution in [-0.4, -0.2) is 24.5 Å². The maximum atomic E-state index is 2.55. The van der Waals surface area contributed by atoms with Gasteiger partial charge in [-0.15, -0.1) is 0 Å². The molecule has 1 rings (SSSR count). The minimum Gasteiger partial charge on any atom is -0.303 e. The molecule has 1 fully saturated rings. The Morgan fingerprint density at radius 2 is 2.10 bits per heavy atom. The van der Waals surface area contributed by atoms with E-state index in [0.29, 0.717) is 0 Å². The zero-order valence-corrected chi connectivity index (χ0v) is 7.27. The van der Waals surface area contributed by atoms with Gasteiger partial charge in [0, 0.05) is 0 Å². The first-order valence-electron chi connectivity index (χ1n) is 4.55. The van der Waals surface area contributed by atoms with Crippen molar-refractivity contribution in [2.45, 2.75) is 33.1 Å². The summed E-state index contributed by atoms with van der Waals surface area (Å²) in [6, 6.07) is 0. The Morgan fingerprint density at radius 3 is 2.50 bits per heavy atom. The Morgan fingerprint density at radius 1 is 1.40 bits per heavy atom. The average Bonchev–Trinajstić information content (AvgIpc) is 1.84. The molecule has 0 aromatic rings. The average molecular weight is 141 g/mol. The van der Waals surface area contributed by atoms with Crippen LogP contribution in [0.5, 0.6) is 0 Å². The van der Waals surface area contributed by atoms with E-state index in [-0.39, 0.29) is 0 Å². The van der Waals surface area contributed by atoms with E-state index in [2.05, 4.69) is 18.7 Å². The van der Waals surface area contributed by atoms with Gasteiger partial charge in [-0.05, 0) is 38.4 Å². The molecule has 1 heterocycles. The topological polar surface area (TPSA) is 3.24 Å². The van der Waals surface area contributed by atoms with Crippen LogP contribution in [-0.2, 0) is 0 Å². The first-order valence-corrected chi connectivity index (χ1v) is 4.55. The third-order valence-electron chi connectivity index (χ3n) is 2.58. The van der Waals surface area contributed by atoms with Gasteiger partial charge in [0.2, 0.25) is 0 Å². The summed E-state index contributed by atoms with van der Waals surface area (Å²) in [5.41, 5.74) is 0. The van der Waals surface area contributed by atoms with Crippen molar-refractivity contribution in [2.75, 3.05) is 19.6 Å². The second-order valence-electron chi connectivity index (χ2n) is 3.50. The van der Waals surface area contributed by atoms with Crippen molar-refractivity contribution in [1.82, 2.24) is 4.90 Å². The van der Waals surface area contributed by atoms with Crippen molar-refractivity contribution in [3.8, 4) is 0 Å². The zero-order chi connectivity index (χ0) is 7.40. The van der Waals surface area contributed by atoms with E-state index in [0.717, 1.165) is 5.92 Å². The standard InChI is InChI=1S/C9H19N/c1-3-9(2)5-8-10-6-4-7-10/h9H,3-8H2,1-2H3. The molecule has 1 unspecified atom stereocenters. The Labute approximate surface area is 64.4 Å². The molecule has 60 valence electrons.